The average molecular weight is 217 g/mol. The molecule has 1 aromatic heterocycles. The minimum atomic E-state index is -0.277. The highest BCUT2D eigenvalue weighted by Crippen LogP contribution is 2.06. The number of aromatic nitrogens is 1. The van der Waals surface area contributed by atoms with Gasteiger partial charge in [0.15, 0.2) is 0 Å². The average Bonchev–Trinajstić information content (AvgIpc) is 2.74. The molecular formula is C13H12FNO. The summed E-state index contributed by atoms with van der Waals surface area (Å²) in [5.41, 5.74) is 1.75. The minimum Gasteiger partial charge on any atom is -0.365 e. The lowest BCUT2D eigenvalue weighted by Gasteiger charge is -2.00. The van der Waals surface area contributed by atoms with Gasteiger partial charge in [0.05, 0.1) is 0 Å². The molecule has 2 aromatic rings. The number of hydrogen-bond donors (Lipinski definition) is 1. The summed E-state index contributed by atoms with van der Waals surface area (Å²) in [6.45, 7) is 0. The van der Waals surface area contributed by atoms with Gasteiger partial charge in [-0.05, 0) is 29.8 Å². The molecule has 2 rings (SSSR count). The van der Waals surface area contributed by atoms with E-state index in [4.69, 9.17) is 0 Å². The molecule has 0 unspecified atom stereocenters. The number of aromatic amines is 1. The fourth-order valence-corrected chi connectivity index (χ4v) is 1.58. The van der Waals surface area contributed by atoms with Crippen molar-refractivity contribution >= 4 is 5.78 Å². The quantitative estimate of drug-likeness (QED) is 0.838. The fraction of sp³-hybridized carbons (Fsp3) is 0.154. The van der Waals surface area contributed by atoms with Crippen LogP contribution in [-0.4, -0.2) is 10.8 Å². The molecule has 0 amide bonds. The van der Waals surface area contributed by atoms with Crippen LogP contribution in [0.25, 0.3) is 0 Å². The molecule has 0 bridgehead atoms. The topological polar surface area (TPSA) is 32.9 Å². The predicted molar refractivity (Wildman–Crippen MR) is 59.6 cm³/mol. The highest BCUT2D eigenvalue weighted by Gasteiger charge is 2.05. The third-order valence-electron chi connectivity index (χ3n) is 2.36. The van der Waals surface area contributed by atoms with Crippen LogP contribution in [0.15, 0.2) is 42.6 Å². The second-order valence-electron chi connectivity index (χ2n) is 3.71. The molecule has 1 heterocycles. The molecule has 2 nitrogen and oxygen atoms in total. The Morgan fingerprint density at radius 1 is 1.12 bits per heavy atom. The summed E-state index contributed by atoms with van der Waals surface area (Å²) in [5, 5.41) is 0. The molecule has 0 atom stereocenters. The van der Waals surface area contributed by atoms with Crippen molar-refractivity contribution in [1.82, 2.24) is 4.98 Å². The number of hydrogen-bond acceptors (Lipinski definition) is 1. The Kier molecular flexibility index (Phi) is 3.15. The summed E-state index contributed by atoms with van der Waals surface area (Å²) in [4.78, 5) is 14.6. The molecule has 1 N–H and O–H groups in total. The Hall–Kier alpha value is -1.90. The Balaban J connectivity index is 1.95. The maximum Gasteiger partial charge on any atom is 0.143 e. The van der Waals surface area contributed by atoms with Crippen molar-refractivity contribution in [3.8, 4) is 0 Å². The van der Waals surface area contributed by atoms with Gasteiger partial charge in [-0.3, -0.25) is 4.79 Å². The number of Topliss-reactive ketones (excluding diaryl/α,β-unsaturated/α-hetero) is 1. The second-order valence-corrected chi connectivity index (χ2v) is 3.71. The molecule has 0 saturated heterocycles. The zero-order chi connectivity index (χ0) is 11.4. The van der Waals surface area contributed by atoms with E-state index in [2.05, 4.69) is 4.98 Å². The highest BCUT2D eigenvalue weighted by molar-refractivity contribution is 5.82. The molecule has 0 radical (unpaired) electrons. The van der Waals surface area contributed by atoms with E-state index in [0.717, 1.165) is 11.3 Å². The van der Waals surface area contributed by atoms with Crippen molar-refractivity contribution in [1.29, 1.82) is 0 Å². The van der Waals surface area contributed by atoms with Crippen LogP contribution in [0.3, 0.4) is 0 Å². The summed E-state index contributed by atoms with van der Waals surface area (Å²) in [6.07, 6.45) is 2.53. The molecule has 0 saturated carbocycles. The van der Waals surface area contributed by atoms with Crippen LogP contribution in [0, 0.1) is 5.82 Å². The predicted octanol–water partition coefficient (Wildman–Crippen LogP) is 2.51. The SMILES string of the molecule is O=C(Cc1ccc(F)cc1)Cc1ccc[nH]1. The van der Waals surface area contributed by atoms with Crippen LogP contribution in [0.1, 0.15) is 11.3 Å². The monoisotopic (exact) mass is 217 g/mol. The number of H-pyrrole nitrogens is 1. The van der Waals surface area contributed by atoms with E-state index in [9.17, 15) is 9.18 Å². The lowest BCUT2D eigenvalue weighted by atomic mass is 10.1. The van der Waals surface area contributed by atoms with E-state index in [0.29, 0.717) is 12.8 Å². The molecule has 0 fully saturated rings. The van der Waals surface area contributed by atoms with Crippen molar-refractivity contribution in [2.24, 2.45) is 0 Å². The first-order chi connectivity index (χ1) is 7.74. The van der Waals surface area contributed by atoms with Crippen molar-refractivity contribution in [3.05, 3.63) is 59.7 Å². The summed E-state index contributed by atoms with van der Waals surface area (Å²) >= 11 is 0. The molecule has 0 aliphatic rings. The normalized spacial score (nSPS) is 10.3. The molecule has 16 heavy (non-hydrogen) atoms. The number of carbonyl (C=O) groups excluding carboxylic acids is 1. The highest BCUT2D eigenvalue weighted by atomic mass is 19.1. The van der Waals surface area contributed by atoms with Crippen LogP contribution in [0.2, 0.25) is 0 Å². The standard InChI is InChI=1S/C13H12FNO/c14-11-5-3-10(4-6-11)8-13(16)9-12-2-1-7-15-12/h1-7,15H,8-9H2. The van der Waals surface area contributed by atoms with E-state index in [1.165, 1.54) is 12.1 Å². The van der Waals surface area contributed by atoms with E-state index in [1.54, 1.807) is 18.3 Å². The zero-order valence-corrected chi connectivity index (χ0v) is 8.74. The first kappa shape index (κ1) is 10.6. The summed E-state index contributed by atoms with van der Waals surface area (Å²) in [6, 6.07) is 9.77. The first-order valence-corrected chi connectivity index (χ1v) is 5.12. The van der Waals surface area contributed by atoms with Gasteiger partial charge in [0, 0.05) is 24.7 Å². The maximum absolute atomic E-state index is 12.6. The van der Waals surface area contributed by atoms with Gasteiger partial charge >= 0.3 is 0 Å². The fourth-order valence-electron chi connectivity index (χ4n) is 1.58. The molecule has 0 aliphatic heterocycles. The number of ketones is 1. The molecule has 82 valence electrons. The Labute approximate surface area is 93.1 Å². The second kappa shape index (κ2) is 4.75. The Morgan fingerprint density at radius 3 is 2.50 bits per heavy atom. The summed E-state index contributed by atoms with van der Waals surface area (Å²) in [7, 11) is 0. The van der Waals surface area contributed by atoms with Crippen molar-refractivity contribution < 1.29 is 9.18 Å². The first-order valence-electron chi connectivity index (χ1n) is 5.12. The van der Waals surface area contributed by atoms with Crippen LogP contribution < -0.4 is 0 Å². The minimum absolute atomic E-state index is 0.119. The number of nitrogens with one attached hydrogen (secondary N) is 1. The van der Waals surface area contributed by atoms with E-state index >= 15 is 0 Å². The van der Waals surface area contributed by atoms with Crippen molar-refractivity contribution in [2.75, 3.05) is 0 Å². The smallest absolute Gasteiger partial charge is 0.143 e. The Bertz CT molecular complexity index is 459. The van der Waals surface area contributed by atoms with Gasteiger partial charge in [-0.2, -0.15) is 0 Å². The number of rotatable bonds is 4. The molecular weight excluding hydrogens is 205 g/mol. The summed E-state index contributed by atoms with van der Waals surface area (Å²) < 4.78 is 12.6. The van der Waals surface area contributed by atoms with Crippen LogP contribution >= 0.6 is 0 Å². The van der Waals surface area contributed by atoms with Gasteiger partial charge in [-0.15, -0.1) is 0 Å². The van der Waals surface area contributed by atoms with Gasteiger partial charge in [-0.25, -0.2) is 4.39 Å². The van der Waals surface area contributed by atoms with Crippen LogP contribution in [-0.2, 0) is 17.6 Å². The number of carbonyl (C=O) groups is 1. The lowest BCUT2D eigenvalue weighted by Crippen LogP contribution is -2.06. The van der Waals surface area contributed by atoms with E-state index < -0.39 is 0 Å². The third-order valence-corrected chi connectivity index (χ3v) is 2.36. The van der Waals surface area contributed by atoms with Gasteiger partial charge in [0.25, 0.3) is 0 Å². The largest absolute Gasteiger partial charge is 0.365 e. The number of benzene rings is 1. The van der Waals surface area contributed by atoms with Gasteiger partial charge in [0.2, 0.25) is 0 Å². The third kappa shape index (κ3) is 2.79. The van der Waals surface area contributed by atoms with Crippen LogP contribution in [0.4, 0.5) is 4.39 Å². The summed E-state index contributed by atoms with van der Waals surface area (Å²) in [5.74, 6) is -0.158. The van der Waals surface area contributed by atoms with Crippen molar-refractivity contribution in [3.63, 3.8) is 0 Å². The molecule has 0 spiro atoms. The number of halogens is 1. The van der Waals surface area contributed by atoms with Gasteiger partial charge in [0.1, 0.15) is 11.6 Å². The van der Waals surface area contributed by atoms with Gasteiger partial charge < -0.3 is 4.98 Å². The Morgan fingerprint density at radius 2 is 1.88 bits per heavy atom. The van der Waals surface area contributed by atoms with E-state index in [1.807, 2.05) is 12.1 Å². The maximum atomic E-state index is 12.6. The molecule has 3 heteroatoms. The van der Waals surface area contributed by atoms with Crippen molar-refractivity contribution in [2.45, 2.75) is 12.8 Å². The van der Waals surface area contributed by atoms with Gasteiger partial charge in [-0.1, -0.05) is 12.1 Å². The lowest BCUT2D eigenvalue weighted by molar-refractivity contribution is -0.117. The molecule has 0 aliphatic carbocycles. The zero-order valence-electron chi connectivity index (χ0n) is 8.74. The van der Waals surface area contributed by atoms with E-state index in [-0.39, 0.29) is 11.6 Å². The van der Waals surface area contributed by atoms with Crippen LogP contribution in [0.5, 0.6) is 0 Å². The molecule has 1 aromatic carbocycles.